The minimum atomic E-state index is -0.0368. The number of aromatic nitrogens is 2. The molecule has 2 nitrogen and oxygen atoms in total. The SMILES string of the molecule is CCc1cc(CC(Cl)c2ccccc2)nc(C)n1. The fourth-order valence-electron chi connectivity index (χ4n) is 1.95. The predicted octanol–water partition coefficient (Wildman–Crippen LogP) is 3.87. The molecule has 0 saturated carbocycles. The predicted molar refractivity (Wildman–Crippen MR) is 74.9 cm³/mol. The van der Waals surface area contributed by atoms with Gasteiger partial charge in [0.1, 0.15) is 5.82 Å². The van der Waals surface area contributed by atoms with Crippen LogP contribution in [-0.4, -0.2) is 9.97 Å². The van der Waals surface area contributed by atoms with Crippen molar-refractivity contribution in [2.24, 2.45) is 0 Å². The van der Waals surface area contributed by atoms with E-state index in [2.05, 4.69) is 16.9 Å². The van der Waals surface area contributed by atoms with Crippen molar-refractivity contribution in [3.05, 3.63) is 59.2 Å². The standard InChI is InChI=1S/C15H17ClN2/c1-3-13-9-14(18-11(2)17-13)10-15(16)12-7-5-4-6-8-12/h4-9,15H,3,10H2,1-2H3. The first-order chi connectivity index (χ1) is 8.69. The van der Waals surface area contributed by atoms with Crippen LogP contribution in [0.1, 0.15) is 35.1 Å². The van der Waals surface area contributed by atoms with Gasteiger partial charge in [0.05, 0.1) is 5.38 Å². The van der Waals surface area contributed by atoms with Crippen molar-refractivity contribution >= 4 is 11.6 Å². The van der Waals surface area contributed by atoms with Gasteiger partial charge in [-0.15, -0.1) is 11.6 Å². The van der Waals surface area contributed by atoms with Gasteiger partial charge < -0.3 is 0 Å². The molecule has 2 rings (SSSR count). The second-order valence-electron chi connectivity index (χ2n) is 4.33. The summed E-state index contributed by atoms with van der Waals surface area (Å²) in [7, 11) is 0. The van der Waals surface area contributed by atoms with Crippen molar-refractivity contribution in [3.8, 4) is 0 Å². The molecule has 0 N–H and O–H groups in total. The molecule has 0 radical (unpaired) electrons. The van der Waals surface area contributed by atoms with Gasteiger partial charge in [0.25, 0.3) is 0 Å². The zero-order valence-corrected chi connectivity index (χ0v) is 11.5. The lowest BCUT2D eigenvalue weighted by Crippen LogP contribution is -2.03. The van der Waals surface area contributed by atoms with Crippen LogP contribution in [-0.2, 0) is 12.8 Å². The largest absolute Gasteiger partial charge is 0.238 e. The maximum absolute atomic E-state index is 6.43. The molecule has 0 spiro atoms. The summed E-state index contributed by atoms with van der Waals surface area (Å²) in [5, 5.41) is -0.0368. The normalized spacial score (nSPS) is 12.4. The average molecular weight is 261 g/mol. The van der Waals surface area contributed by atoms with E-state index in [1.165, 1.54) is 0 Å². The highest BCUT2D eigenvalue weighted by atomic mass is 35.5. The van der Waals surface area contributed by atoms with Gasteiger partial charge in [0, 0.05) is 17.8 Å². The van der Waals surface area contributed by atoms with Crippen LogP contribution in [0.4, 0.5) is 0 Å². The van der Waals surface area contributed by atoms with Crippen LogP contribution in [0.25, 0.3) is 0 Å². The van der Waals surface area contributed by atoms with Crippen molar-refractivity contribution in [3.63, 3.8) is 0 Å². The van der Waals surface area contributed by atoms with Gasteiger partial charge in [0.2, 0.25) is 0 Å². The summed E-state index contributed by atoms with van der Waals surface area (Å²) in [6.07, 6.45) is 1.66. The molecule has 94 valence electrons. The van der Waals surface area contributed by atoms with Gasteiger partial charge in [0.15, 0.2) is 0 Å². The van der Waals surface area contributed by atoms with E-state index in [4.69, 9.17) is 11.6 Å². The van der Waals surface area contributed by atoms with E-state index in [9.17, 15) is 0 Å². The van der Waals surface area contributed by atoms with E-state index >= 15 is 0 Å². The number of benzene rings is 1. The Bertz CT molecular complexity index is 511. The molecule has 18 heavy (non-hydrogen) atoms. The summed E-state index contributed by atoms with van der Waals surface area (Å²) in [6, 6.07) is 12.2. The van der Waals surface area contributed by atoms with Gasteiger partial charge >= 0.3 is 0 Å². The van der Waals surface area contributed by atoms with E-state index in [1.807, 2.05) is 43.3 Å². The summed E-state index contributed by atoms with van der Waals surface area (Å²) in [5.41, 5.74) is 3.23. The maximum Gasteiger partial charge on any atom is 0.125 e. The quantitative estimate of drug-likeness (QED) is 0.780. The molecule has 0 aliphatic heterocycles. The third-order valence-electron chi connectivity index (χ3n) is 2.86. The molecule has 1 unspecified atom stereocenters. The third kappa shape index (κ3) is 3.30. The highest BCUT2D eigenvalue weighted by molar-refractivity contribution is 6.20. The smallest absolute Gasteiger partial charge is 0.125 e. The highest BCUT2D eigenvalue weighted by Crippen LogP contribution is 2.24. The number of alkyl halides is 1. The second-order valence-corrected chi connectivity index (χ2v) is 4.86. The Labute approximate surface area is 113 Å². The minimum Gasteiger partial charge on any atom is -0.238 e. The van der Waals surface area contributed by atoms with Crippen LogP contribution in [0.5, 0.6) is 0 Å². The van der Waals surface area contributed by atoms with Gasteiger partial charge in [-0.1, -0.05) is 37.3 Å². The number of hydrogen-bond donors (Lipinski definition) is 0. The van der Waals surface area contributed by atoms with E-state index in [1.54, 1.807) is 0 Å². The summed E-state index contributed by atoms with van der Waals surface area (Å²) >= 11 is 6.43. The molecule has 3 heteroatoms. The van der Waals surface area contributed by atoms with Crippen LogP contribution in [0, 0.1) is 6.92 Å². The maximum atomic E-state index is 6.43. The van der Waals surface area contributed by atoms with Gasteiger partial charge in [-0.25, -0.2) is 9.97 Å². The van der Waals surface area contributed by atoms with Crippen LogP contribution >= 0.6 is 11.6 Å². The van der Waals surface area contributed by atoms with Crippen LogP contribution in [0.15, 0.2) is 36.4 Å². The molecule has 0 fully saturated rings. The van der Waals surface area contributed by atoms with Gasteiger partial charge in [-0.2, -0.15) is 0 Å². The fraction of sp³-hybridized carbons (Fsp3) is 0.333. The number of hydrogen-bond acceptors (Lipinski definition) is 2. The Hall–Kier alpha value is -1.41. The highest BCUT2D eigenvalue weighted by Gasteiger charge is 2.10. The summed E-state index contributed by atoms with van der Waals surface area (Å²) in [6.45, 7) is 4.02. The molecular weight excluding hydrogens is 244 g/mol. The molecular formula is C15H17ClN2. The van der Waals surface area contributed by atoms with Crippen LogP contribution in [0.2, 0.25) is 0 Å². The minimum absolute atomic E-state index is 0.0368. The molecule has 0 bridgehead atoms. The summed E-state index contributed by atoms with van der Waals surface area (Å²) < 4.78 is 0. The van der Waals surface area contributed by atoms with Crippen LogP contribution in [0.3, 0.4) is 0 Å². The Morgan fingerprint density at radius 3 is 2.44 bits per heavy atom. The molecule has 1 aromatic heterocycles. The van der Waals surface area contributed by atoms with E-state index in [0.717, 1.165) is 35.6 Å². The molecule has 1 aromatic carbocycles. The topological polar surface area (TPSA) is 25.8 Å². The third-order valence-corrected chi connectivity index (χ3v) is 3.26. The first-order valence-electron chi connectivity index (χ1n) is 6.21. The average Bonchev–Trinajstić information content (AvgIpc) is 2.39. The Morgan fingerprint density at radius 2 is 1.78 bits per heavy atom. The number of halogens is 1. The van der Waals surface area contributed by atoms with Crippen molar-refractivity contribution in [2.75, 3.05) is 0 Å². The van der Waals surface area contributed by atoms with Gasteiger partial charge in [-0.3, -0.25) is 0 Å². The van der Waals surface area contributed by atoms with Gasteiger partial charge in [-0.05, 0) is 25.0 Å². The molecule has 2 aromatic rings. The summed E-state index contributed by atoms with van der Waals surface area (Å²) in [4.78, 5) is 8.83. The van der Waals surface area contributed by atoms with Crippen molar-refractivity contribution in [2.45, 2.75) is 32.1 Å². The number of rotatable bonds is 4. The Balaban J connectivity index is 2.16. The van der Waals surface area contributed by atoms with Crippen LogP contribution < -0.4 is 0 Å². The lowest BCUT2D eigenvalue weighted by molar-refractivity contribution is 0.835. The molecule has 0 aliphatic rings. The molecule has 1 atom stereocenters. The van der Waals surface area contributed by atoms with E-state index < -0.39 is 0 Å². The Morgan fingerprint density at radius 1 is 1.11 bits per heavy atom. The monoisotopic (exact) mass is 260 g/mol. The Kier molecular flexibility index (Phi) is 4.32. The van der Waals surface area contributed by atoms with Crippen molar-refractivity contribution < 1.29 is 0 Å². The number of aryl methyl sites for hydroxylation is 2. The van der Waals surface area contributed by atoms with E-state index in [0.29, 0.717) is 0 Å². The summed E-state index contributed by atoms with van der Waals surface area (Å²) in [5.74, 6) is 0.821. The molecule has 0 amide bonds. The second kappa shape index (κ2) is 5.96. The zero-order chi connectivity index (χ0) is 13.0. The lowest BCUT2D eigenvalue weighted by Gasteiger charge is -2.10. The first kappa shape index (κ1) is 13.0. The molecule has 0 saturated heterocycles. The fourth-order valence-corrected chi connectivity index (χ4v) is 2.25. The molecule has 1 heterocycles. The van der Waals surface area contributed by atoms with Crippen molar-refractivity contribution in [1.29, 1.82) is 0 Å². The zero-order valence-electron chi connectivity index (χ0n) is 10.7. The van der Waals surface area contributed by atoms with E-state index in [-0.39, 0.29) is 5.38 Å². The number of nitrogens with zero attached hydrogens (tertiary/aromatic N) is 2. The lowest BCUT2D eigenvalue weighted by atomic mass is 10.1. The van der Waals surface area contributed by atoms with Crippen molar-refractivity contribution in [1.82, 2.24) is 9.97 Å². The first-order valence-corrected chi connectivity index (χ1v) is 6.65. The molecule has 0 aliphatic carbocycles.